The minimum Gasteiger partial charge on any atom is -0.478 e. The molecule has 1 saturated carbocycles. The van der Waals surface area contributed by atoms with Crippen LogP contribution >= 0.6 is 23.2 Å². The van der Waals surface area contributed by atoms with Gasteiger partial charge < -0.3 is 20.3 Å². The van der Waals surface area contributed by atoms with Gasteiger partial charge >= 0.3 is 11.9 Å². The molecule has 3 rings (SSSR count). The molecule has 8 heteroatoms. The SMILES string of the molecule is CO[C@@H]1C[C@@H]2CNC[C@]2(c2ccc(Cl)c(Cl)c2)C1.O=C(O)/C=C/C(=O)O. The lowest BCUT2D eigenvalue weighted by Gasteiger charge is -2.29. The Kier molecular flexibility index (Phi) is 7.06. The summed E-state index contributed by atoms with van der Waals surface area (Å²) in [6.45, 7) is 2.08. The number of carboxylic acid groups (broad SMARTS) is 2. The van der Waals surface area contributed by atoms with Gasteiger partial charge in [0.1, 0.15) is 0 Å². The van der Waals surface area contributed by atoms with Crippen LogP contribution in [0, 0.1) is 5.92 Å². The molecule has 2 fully saturated rings. The summed E-state index contributed by atoms with van der Waals surface area (Å²) in [6.07, 6.45) is 3.68. The molecule has 0 bridgehead atoms. The number of nitrogens with one attached hydrogen (secondary N) is 1. The fourth-order valence-electron chi connectivity index (χ4n) is 3.75. The Morgan fingerprint density at radius 3 is 2.42 bits per heavy atom. The van der Waals surface area contributed by atoms with E-state index >= 15 is 0 Å². The molecule has 0 amide bonds. The number of hydrogen-bond donors (Lipinski definition) is 3. The van der Waals surface area contributed by atoms with Crippen LogP contribution in [0.5, 0.6) is 0 Å². The topological polar surface area (TPSA) is 95.9 Å². The van der Waals surface area contributed by atoms with E-state index in [1.54, 1.807) is 0 Å². The highest BCUT2D eigenvalue weighted by Crippen LogP contribution is 2.49. The van der Waals surface area contributed by atoms with E-state index < -0.39 is 11.9 Å². The van der Waals surface area contributed by atoms with Crippen molar-refractivity contribution in [3.8, 4) is 0 Å². The molecule has 3 N–H and O–H groups in total. The van der Waals surface area contributed by atoms with E-state index in [4.69, 9.17) is 38.2 Å². The van der Waals surface area contributed by atoms with Gasteiger partial charge in [-0.3, -0.25) is 0 Å². The number of carbonyl (C=O) groups is 2. The second-order valence-electron chi connectivity index (χ2n) is 6.42. The first-order valence-electron chi connectivity index (χ1n) is 8.11. The van der Waals surface area contributed by atoms with Crippen LogP contribution in [0.1, 0.15) is 18.4 Å². The van der Waals surface area contributed by atoms with Crippen LogP contribution in [-0.4, -0.2) is 48.5 Å². The van der Waals surface area contributed by atoms with E-state index in [1.807, 2.05) is 19.2 Å². The van der Waals surface area contributed by atoms with Gasteiger partial charge in [0.2, 0.25) is 0 Å². The molecular weight excluding hydrogens is 381 g/mol. The standard InChI is InChI=1S/C14H17Cl2NO.C4H4O4/c1-18-11-4-10-7-17-8-14(10,6-11)9-2-3-12(15)13(16)5-9;5-3(6)1-2-4(7)8/h2-3,5,10-11,17H,4,6-8H2,1H3;1-2H,(H,5,6)(H,7,8)/b;2-1+/t10-,11-,14+;/m1./s1. The lowest BCUT2D eigenvalue weighted by Crippen LogP contribution is -2.31. The van der Waals surface area contributed by atoms with Crippen LogP contribution in [-0.2, 0) is 19.7 Å². The van der Waals surface area contributed by atoms with Crippen LogP contribution in [0.2, 0.25) is 10.0 Å². The molecule has 142 valence electrons. The summed E-state index contributed by atoms with van der Waals surface area (Å²) in [5, 5.41) is 20.4. The first-order chi connectivity index (χ1) is 12.3. The lowest BCUT2D eigenvalue weighted by atomic mass is 9.74. The summed E-state index contributed by atoms with van der Waals surface area (Å²) >= 11 is 12.2. The van der Waals surface area contributed by atoms with Gasteiger partial charge in [-0.15, -0.1) is 0 Å². The lowest BCUT2D eigenvalue weighted by molar-refractivity contribution is -0.134. The number of fused-ring (bicyclic) bond motifs is 1. The summed E-state index contributed by atoms with van der Waals surface area (Å²) in [5.41, 5.74) is 1.47. The first kappa shape index (κ1) is 20.7. The van der Waals surface area contributed by atoms with Crippen molar-refractivity contribution >= 4 is 35.1 Å². The Balaban J connectivity index is 0.000000260. The normalized spacial score (nSPS) is 27.0. The molecule has 0 aromatic heterocycles. The Bertz CT molecular complexity index is 693. The number of hydrogen-bond acceptors (Lipinski definition) is 4. The summed E-state index contributed by atoms with van der Waals surface area (Å²) in [4.78, 5) is 19.1. The van der Waals surface area contributed by atoms with Crippen molar-refractivity contribution in [2.75, 3.05) is 20.2 Å². The zero-order valence-corrected chi connectivity index (χ0v) is 15.8. The van der Waals surface area contributed by atoms with Crippen LogP contribution in [0.15, 0.2) is 30.4 Å². The molecule has 1 aliphatic carbocycles. The van der Waals surface area contributed by atoms with Crippen molar-refractivity contribution in [2.24, 2.45) is 5.92 Å². The average molecular weight is 402 g/mol. The van der Waals surface area contributed by atoms with Gasteiger partial charge in [0, 0.05) is 31.2 Å². The van der Waals surface area contributed by atoms with Gasteiger partial charge in [0.15, 0.2) is 0 Å². The smallest absolute Gasteiger partial charge is 0.328 e. The maximum absolute atomic E-state index is 9.55. The van der Waals surface area contributed by atoms with Gasteiger partial charge in [-0.1, -0.05) is 29.3 Å². The van der Waals surface area contributed by atoms with Gasteiger partial charge in [0.05, 0.1) is 16.1 Å². The number of rotatable bonds is 4. The second kappa shape index (κ2) is 8.86. The van der Waals surface area contributed by atoms with Gasteiger partial charge in [-0.2, -0.15) is 0 Å². The van der Waals surface area contributed by atoms with Crippen molar-refractivity contribution < 1.29 is 24.5 Å². The van der Waals surface area contributed by atoms with Crippen LogP contribution in [0.4, 0.5) is 0 Å². The van der Waals surface area contributed by atoms with Gasteiger partial charge in [0.25, 0.3) is 0 Å². The molecule has 1 aromatic carbocycles. The average Bonchev–Trinajstić information content (AvgIpc) is 3.13. The molecule has 1 heterocycles. The molecule has 0 spiro atoms. The third-order valence-corrected chi connectivity index (χ3v) is 5.69. The van der Waals surface area contributed by atoms with Crippen LogP contribution < -0.4 is 5.32 Å². The quantitative estimate of drug-likeness (QED) is 0.671. The molecule has 1 aliphatic heterocycles. The van der Waals surface area contributed by atoms with Crippen molar-refractivity contribution in [3.05, 3.63) is 46.0 Å². The van der Waals surface area contributed by atoms with E-state index in [2.05, 4.69) is 11.4 Å². The number of carboxylic acids is 2. The van der Waals surface area contributed by atoms with Crippen molar-refractivity contribution in [1.29, 1.82) is 0 Å². The molecule has 2 aliphatic rings. The third-order valence-electron chi connectivity index (χ3n) is 4.95. The monoisotopic (exact) mass is 401 g/mol. The molecule has 6 nitrogen and oxygen atoms in total. The van der Waals surface area contributed by atoms with Crippen molar-refractivity contribution in [2.45, 2.75) is 24.4 Å². The molecule has 3 atom stereocenters. The van der Waals surface area contributed by atoms with E-state index in [0.29, 0.717) is 34.2 Å². The Hall–Kier alpha value is -1.60. The van der Waals surface area contributed by atoms with E-state index in [1.165, 1.54) is 5.56 Å². The minimum absolute atomic E-state index is 0.176. The minimum atomic E-state index is -1.26. The van der Waals surface area contributed by atoms with Crippen molar-refractivity contribution in [1.82, 2.24) is 5.32 Å². The Morgan fingerprint density at radius 1 is 1.23 bits per heavy atom. The number of ether oxygens (including phenoxy) is 1. The molecule has 26 heavy (non-hydrogen) atoms. The zero-order valence-electron chi connectivity index (χ0n) is 14.2. The zero-order chi connectivity index (χ0) is 19.3. The number of aliphatic carboxylic acids is 2. The molecular formula is C18H21Cl2NO5. The van der Waals surface area contributed by atoms with Crippen molar-refractivity contribution in [3.63, 3.8) is 0 Å². The predicted molar refractivity (Wildman–Crippen MR) is 98.9 cm³/mol. The highest BCUT2D eigenvalue weighted by molar-refractivity contribution is 6.42. The maximum Gasteiger partial charge on any atom is 0.328 e. The highest BCUT2D eigenvalue weighted by atomic mass is 35.5. The van der Waals surface area contributed by atoms with E-state index in [-0.39, 0.29) is 5.41 Å². The summed E-state index contributed by atoms with van der Waals surface area (Å²) < 4.78 is 5.56. The predicted octanol–water partition coefficient (Wildman–Crippen LogP) is 2.97. The number of halogens is 2. The summed E-state index contributed by atoms with van der Waals surface area (Å²) in [6, 6.07) is 6.05. The fraction of sp³-hybridized carbons (Fsp3) is 0.444. The highest BCUT2D eigenvalue weighted by Gasteiger charge is 2.51. The van der Waals surface area contributed by atoms with Gasteiger partial charge in [-0.25, -0.2) is 9.59 Å². The summed E-state index contributed by atoms with van der Waals surface area (Å²) in [5.74, 6) is -1.88. The number of benzene rings is 1. The van der Waals surface area contributed by atoms with Crippen LogP contribution in [0.3, 0.4) is 0 Å². The Morgan fingerprint density at radius 2 is 1.88 bits per heavy atom. The molecule has 1 aromatic rings. The molecule has 0 unspecified atom stereocenters. The van der Waals surface area contributed by atoms with E-state index in [9.17, 15) is 9.59 Å². The van der Waals surface area contributed by atoms with Gasteiger partial charge in [-0.05, 0) is 43.0 Å². The first-order valence-corrected chi connectivity index (χ1v) is 8.87. The Labute approximate surface area is 161 Å². The van der Waals surface area contributed by atoms with Crippen LogP contribution in [0.25, 0.3) is 0 Å². The third kappa shape index (κ3) is 4.76. The van der Waals surface area contributed by atoms with E-state index in [0.717, 1.165) is 25.9 Å². The second-order valence-corrected chi connectivity index (χ2v) is 7.23. The maximum atomic E-state index is 9.55. The molecule has 0 radical (unpaired) electrons. The molecule has 1 saturated heterocycles. The number of methoxy groups -OCH3 is 1. The fourth-order valence-corrected chi connectivity index (χ4v) is 4.05. The largest absolute Gasteiger partial charge is 0.478 e. The summed E-state index contributed by atoms with van der Waals surface area (Å²) in [7, 11) is 1.81.